The van der Waals surface area contributed by atoms with Gasteiger partial charge < -0.3 is 5.32 Å². The van der Waals surface area contributed by atoms with Crippen LogP contribution >= 0.6 is 0 Å². The smallest absolute Gasteiger partial charge is 0.265 e. The zero-order chi connectivity index (χ0) is 25.0. The number of ketones is 1. The molecule has 3 aromatic carbocycles. The van der Waals surface area contributed by atoms with Crippen LogP contribution in [0, 0.1) is 6.92 Å². The SMILES string of the molecule is CCCCCN1C(C(=O)c2ccccc2)=C(NC(=O)c2ccc(C)cc2)c2ccccc2S1(=O)=O. The first-order valence-electron chi connectivity index (χ1n) is 11.7. The number of carbonyl (C=O) groups is 2. The number of sulfonamides is 1. The fourth-order valence-corrected chi connectivity index (χ4v) is 5.82. The van der Waals surface area contributed by atoms with Crippen molar-refractivity contribution < 1.29 is 18.0 Å². The predicted octanol–water partition coefficient (Wildman–Crippen LogP) is 5.17. The molecule has 1 amide bonds. The number of nitrogens with zero attached hydrogens (tertiary/aromatic N) is 1. The molecule has 4 rings (SSSR count). The van der Waals surface area contributed by atoms with Gasteiger partial charge in [-0.1, -0.05) is 86.0 Å². The number of amides is 1. The minimum absolute atomic E-state index is 0.0357. The van der Waals surface area contributed by atoms with Gasteiger partial charge in [-0.25, -0.2) is 8.42 Å². The quantitative estimate of drug-likeness (QED) is 0.350. The van der Waals surface area contributed by atoms with E-state index in [0.29, 0.717) is 23.1 Å². The molecule has 1 aliphatic rings. The molecule has 3 aromatic rings. The Morgan fingerprint density at radius 3 is 2.17 bits per heavy atom. The normalized spacial score (nSPS) is 14.4. The van der Waals surface area contributed by atoms with Gasteiger partial charge in [0.05, 0.1) is 10.6 Å². The van der Waals surface area contributed by atoms with Gasteiger partial charge in [-0.3, -0.25) is 13.9 Å². The monoisotopic (exact) mass is 488 g/mol. The third-order valence-electron chi connectivity index (χ3n) is 5.98. The highest BCUT2D eigenvalue weighted by Crippen LogP contribution is 2.37. The van der Waals surface area contributed by atoms with Crippen LogP contribution in [0.3, 0.4) is 0 Å². The molecule has 0 aromatic heterocycles. The van der Waals surface area contributed by atoms with Crippen molar-refractivity contribution in [2.45, 2.75) is 38.0 Å². The van der Waals surface area contributed by atoms with Gasteiger partial charge in [-0.15, -0.1) is 0 Å². The molecular weight excluding hydrogens is 460 g/mol. The topological polar surface area (TPSA) is 83.6 Å². The first-order valence-corrected chi connectivity index (χ1v) is 13.1. The lowest BCUT2D eigenvalue weighted by molar-refractivity contribution is 0.0972. The van der Waals surface area contributed by atoms with Crippen LogP contribution in [0.1, 0.15) is 58.0 Å². The second-order valence-electron chi connectivity index (χ2n) is 8.52. The summed E-state index contributed by atoms with van der Waals surface area (Å²) < 4.78 is 28.6. The Hall–Kier alpha value is -3.71. The van der Waals surface area contributed by atoms with Gasteiger partial charge in [-0.05, 0) is 31.5 Å². The maximum atomic E-state index is 13.8. The summed E-state index contributed by atoms with van der Waals surface area (Å²) in [6, 6.07) is 22.1. The Morgan fingerprint density at radius 2 is 1.49 bits per heavy atom. The molecule has 1 aliphatic heterocycles. The average Bonchev–Trinajstić information content (AvgIpc) is 2.87. The van der Waals surface area contributed by atoms with Crippen LogP contribution in [0.4, 0.5) is 0 Å². The van der Waals surface area contributed by atoms with Crippen molar-refractivity contribution in [1.82, 2.24) is 9.62 Å². The van der Waals surface area contributed by atoms with Gasteiger partial charge in [0, 0.05) is 23.2 Å². The Labute approximate surface area is 206 Å². The van der Waals surface area contributed by atoms with Crippen LogP contribution in [-0.4, -0.2) is 31.0 Å². The molecule has 6 nitrogen and oxygen atoms in total. The van der Waals surface area contributed by atoms with E-state index in [-0.39, 0.29) is 22.8 Å². The van der Waals surface area contributed by atoms with Gasteiger partial charge in [0.1, 0.15) is 5.70 Å². The molecule has 1 N–H and O–H groups in total. The van der Waals surface area contributed by atoms with E-state index in [2.05, 4.69) is 5.32 Å². The number of hydrogen-bond acceptors (Lipinski definition) is 4. The maximum Gasteiger partial charge on any atom is 0.265 e. The van der Waals surface area contributed by atoms with Gasteiger partial charge in [0.15, 0.2) is 0 Å². The van der Waals surface area contributed by atoms with Crippen molar-refractivity contribution in [1.29, 1.82) is 0 Å². The van der Waals surface area contributed by atoms with Crippen LogP contribution in [0.25, 0.3) is 5.70 Å². The van der Waals surface area contributed by atoms with Crippen LogP contribution < -0.4 is 5.32 Å². The molecule has 0 spiro atoms. The second kappa shape index (κ2) is 10.3. The first kappa shape index (κ1) is 24.4. The number of unbranched alkanes of at least 4 members (excludes halogenated alkanes) is 2. The van der Waals surface area contributed by atoms with E-state index in [1.54, 1.807) is 60.7 Å². The fraction of sp³-hybridized carbons (Fsp3) is 0.214. The predicted molar refractivity (Wildman–Crippen MR) is 136 cm³/mol. The number of rotatable bonds is 8. The van der Waals surface area contributed by atoms with E-state index in [9.17, 15) is 18.0 Å². The highest BCUT2D eigenvalue weighted by atomic mass is 32.2. The molecule has 7 heteroatoms. The lowest BCUT2D eigenvalue weighted by Gasteiger charge is -2.33. The van der Waals surface area contributed by atoms with E-state index in [4.69, 9.17) is 0 Å². The lowest BCUT2D eigenvalue weighted by Crippen LogP contribution is -2.41. The van der Waals surface area contributed by atoms with Crippen LogP contribution in [0.2, 0.25) is 0 Å². The summed E-state index contributed by atoms with van der Waals surface area (Å²) in [6.07, 6.45) is 2.29. The Bertz CT molecular complexity index is 1380. The third kappa shape index (κ3) is 4.91. The van der Waals surface area contributed by atoms with E-state index in [1.807, 2.05) is 26.0 Å². The molecule has 1 heterocycles. The van der Waals surface area contributed by atoms with Gasteiger partial charge in [-0.2, -0.15) is 0 Å². The second-order valence-corrected chi connectivity index (χ2v) is 10.4. The first-order chi connectivity index (χ1) is 16.8. The molecule has 35 heavy (non-hydrogen) atoms. The van der Waals surface area contributed by atoms with Crippen molar-refractivity contribution in [3.05, 3.63) is 107 Å². The van der Waals surface area contributed by atoms with E-state index < -0.39 is 21.7 Å². The number of carbonyl (C=O) groups excluding carboxylic acids is 2. The van der Waals surface area contributed by atoms with Crippen molar-refractivity contribution in [2.24, 2.45) is 0 Å². The van der Waals surface area contributed by atoms with Crippen molar-refractivity contribution in [2.75, 3.05) is 6.54 Å². The number of nitrogens with one attached hydrogen (secondary N) is 1. The fourth-order valence-electron chi connectivity index (χ4n) is 4.10. The minimum atomic E-state index is -4.00. The van der Waals surface area contributed by atoms with E-state index >= 15 is 0 Å². The number of allylic oxidation sites excluding steroid dienone is 1. The van der Waals surface area contributed by atoms with Crippen molar-refractivity contribution in [3.63, 3.8) is 0 Å². The van der Waals surface area contributed by atoms with Crippen LogP contribution in [0.5, 0.6) is 0 Å². The number of fused-ring (bicyclic) bond motifs is 1. The molecule has 0 saturated carbocycles. The Kier molecular flexibility index (Phi) is 7.17. The van der Waals surface area contributed by atoms with Crippen molar-refractivity contribution in [3.8, 4) is 0 Å². The van der Waals surface area contributed by atoms with Crippen LogP contribution in [-0.2, 0) is 10.0 Å². The molecule has 180 valence electrons. The summed E-state index contributed by atoms with van der Waals surface area (Å²) in [7, 11) is -4.00. The standard InChI is InChI=1S/C28H28N2O4S/c1-3-4-10-19-30-26(27(31)21-11-6-5-7-12-21)25(23-13-8-9-14-24(23)35(30,33)34)29-28(32)22-17-15-20(2)16-18-22/h5-9,11-18H,3-4,10,19H2,1-2H3,(H,29,32). The Morgan fingerprint density at radius 1 is 0.829 bits per heavy atom. The molecule has 0 radical (unpaired) electrons. The number of benzene rings is 3. The number of aryl methyl sites for hydroxylation is 1. The summed E-state index contributed by atoms with van der Waals surface area (Å²) >= 11 is 0. The summed E-state index contributed by atoms with van der Waals surface area (Å²) in [5, 5.41) is 2.88. The molecule has 0 unspecified atom stereocenters. The maximum absolute atomic E-state index is 13.8. The number of hydrogen-bond donors (Lipinski definition) is 1. The van der Waals surface area contributed by atoms with Crippen LogP contribution in [0.15, 0.2) is 89.5 Å². The zero-order valence-corrected chi connectivity index (χ0v) is 20.6. The summed E-state index contributed by atoms with van der Waals surface area (Å²) in [4.78, 5) is 27.1. The average molecular weight is 489 g/mol. The zero-order valence-electron chi connectivity index (χ0n) is 19.8. The molecule has 0 saturated heterocycles. The molecule has 0 aliphatic carbocycles. The molecule has 0 bridgehead atoms. The molecule has 0 fully saturated rings. The van der Waals surface area contributed by atoms with Gasteiger partial charge >= 0.3 is 0 Å². The lowest BCUT2D eigenvalue weighted by atomic mass is 10.0. The summed E-state index contributed by atoms with van der Waals surface area (Å²) in [5.74, 6) is -0.875. The summed E-state index contributed by atoms with van der Waals surface area (Å²) in [6.45, 7) is 4.10. The number of Topliss-reactive ketones (excluding diaryl/α,β-unsaturated/α-hetero) is 1. The minimum Gasteiger partial charge on any atom is -0.319 e. The molecule has 0 atom stereocenters. The van der Waals surface area contributed by atoms with Crippen molar-refractivity contribution >= 4 is 27.4 Å². The van der Waals surface area contributed by atoms with E-state index in [0.717, 1.165) is 18.4 Å². The highest BCUT2D eigenvalue weighted by Gasteiger charge is 2.40. The van der Waals surface area contributed by atoms with Gasteiger partial charge in [0.25, 0.3) is 15.9 Å². The largest absolute Gasteiger partial charge is 0.319 e. The summed E-state index contributed by atoms with van der Waals surface area (Å²) in [5.41, 5.74) is 2.24. The third-order valence-corrected chi connectivity index (χ3v) is 7.84. The van der Waals surface area contributed by atoms with E-state index in [1.165, 1.54) is 10.4 Å². The Balaban J connectivity index is 1.92. The van der Waals surface area contributed by atoms with Gasteiger partial charge in [0.2, 0.25) is 5.78 Å². The highest BCUT2D eigenvalue weighted by molar-refractivity contribution is 7.89. The molecular formula is C28H28N2O4S.